The Morgan fingerprint density at radius 1 is 1.37 bits per heavy atom. The van der Waals surface area contributed by atoms with Crippen molar-refractivity contribution in [3.8, 4) is 5.75 Å². The highest BCUT2D eigenvalue weighted by atomic mass is 19.4. The lowest BCUT2D eigenvalue weighted by Gasteiger charge is -2.24. The Labute approximate surface area is 155 Å². The number of para-hydroxylation sites is 1. The van der Waals surface area contributed by atoms with Crippen molar-refractivity contribution in [2.24, 2.45) is 0 Å². The number of nitrogens with one attached hydrogen (secondary N) is 1. The molecular weight excluding hydrogens is 361 g/mol. The number of aromatic nitrogens is 2. The number of hydrogen-bond donors (Lipinski definition) is 1. The predicted molar refractivity (Wildman–Crippen MR) is 94.1 cm³/mol. The first kappa shape index (κ1) is 20.8. The van der Waals surface area contributed by atoms with Crippen LogP contribution in [0.5, 0.6) is 5.75 Å². The summed E-state index contributed by atoms with van der Waals surface area (Å²) in [7, 11) is 3.22. The summed E-state index contributed by atoms with van der Waals surface area (Å²) >= 11 is 0. The van der Waals surface area contributed by atoms with Gasteiger partial charge in [-0.3, -0.25) is 9.69 Å². The second-order valence-corrected chi connectivity index (χ2v) is 6.21. The van der Waals surface area contributed by atoms with Crippen LogP contribution in [0.4, 0.5) is 13.2 Å². The summed E-state index contributed by atoms with van der Waals surface area (Å²) < 4.78 is 44.1. The molecule has 1 aromatic carbocycles. The molecule has 1 aromatic heterocycles. The lowest BCUT2D eigenvalue weighted by Crippen LogP contribution is -2.43. The van der Waals surface area contributed by atoms with Gasteiger partial charge >= 0.3 is 6.18 Å². The van der Waals surface area contributed by atoms with Crippen LogP contribution in [0.25, 0.3) is 0 Å². The Morgan fingerprint density at radius 3 is 2.74 bits per heavy atom. The molecule has 0 aliphatic heterocycles. The van der Waals surface area contributed by atoms with E-state index < -0.39 is 18.8 Å². The second-order valence-electron chi connectivity index (χ2n) is 6.21. The average Bonchev–Trinajstić information content (AvgIpc) is 3.03. The molecule has 1 amide bonds. The molecule has 148 valence electrons. The molecule has 0 aliphatic carbocycles. The van der Waals surface area contributed by atoms with Gasteiger partial charge in [0.25, 0.3) is 0 Å². The highest BCUT2D eigenvalue weighted by Gasteiger charge is 2.29. The highest BCUT2D eigenvalue weighted by Crippen LogP contribution is 2.19. The summed E-state index contributed by atoms with van der Waals surface area (Å²) in [5.41, 5.74) is 0.837. The number of carbonyl (C=O) groups excluding carboxylic acids is 1. The molecule has 1 heterocycles. The minimum atomic E-state index is -4.33. The van der Waals surface area contributed by atoms with Crippen LogP contribution in [0.3, 0.4) is 0 Å². The number of ether oxygens (including phenoxy) is 1. The number of hydrogen-bond acceptors (Lipinski definition) is 4. The number of halogens is 3. The summed E-state index contributed by atoms with van der Waals surface area (Å²) in [4.78, 5) is 18.0. The van der Waals surface area contributed by atoms with Crippen molar-refractivity contribution in [3.05, 3.63) is 48.0 Å². The number of alkyl halides is 3. The van der Waals surface area contributed by atoms with Crippen LogP contribution in [0, 0.1) is 0 Å². The van der Waals surface area contributed by atoms with Crippen LogP contribution in [0.1, 0.15) is 18.3 Å². The van der Waals surface area contributed by atoms with Crippen LogP contribution in [-0.2, 0) is 24.4 Å². The van der Waals surface area contributed by atoms with Crippen LogP contribution in [0.15, 0.2) is 36.7 Å². The highest BCUT2D eigenvalue weighted by molar-refractivity contribution is 5.81. The third-order valence-electron chi connectivity index (χ3n) is 4.23. The van der Waals surface area contributed by atoms with E-state index in [4.69, 9.17) is 4.74 Å². The zero-order valence-corrected chi connectivity index (χ0v) is 15.5. The minimum absolute atomic E-state index is 0.117. The molecule has 27 heavy (non-hydrogen) atoms. The monoisotopic (exact) mass is 384 g/mol. The SMILES string of the molecule is COc1ccccc1CNC(=O)C(C)N(C)Cc1nccn1CC(F)(F)F. The van der Waals surface area contributed by atoms with E-state index in [1.54, 1.807) is 32.0 Å². The van der Waals surface area contributed by atoms with Crippen molar-refractivity contribution in [2.45, 2.75) is 38.8 Å². The molecule has 2 rings (SSSR count). The van der Waals surface area contributed by atoms with E-state index in [2.05, 4.69) is 10.3 Å². The fourth-order valence-corrected chi connectivity index (χ4v) is 2.57. The van der Waals surface area contributed by atoms with E-state index in [1.165, 1.54) is 12.4 Å². The van der Waals surface area contributed by atoms with Gasteiger partial charge in [0.1, 0.15) is 18.1 Å². The smallest absolute Gasteiger partial charge is 0.406 e. The standard InChI is InChI=1S/C18H23F3N4O2/c1-13(17(26)23-10-14-6-4-5-7-15(14)27-3)24(2)11-16-22-8-9-25(16)12-18(19,20)21/h4-9,13H,10-12H2,1-3H3,(H,23,26). The fourth-order valence-electron chi connectivity index (χ4n) is 2.57. The van der Waals surface area contributed by atoms with Gasteiger partial charge in [-0.2, -0.15) is 13.2 Å². The van der Waals surface area contributed by atoms with Crippen molar-refractivity contribution in [1.82, 2.24) is 19.8 Å². The van der Waals surface area contributed by atoms with Crippen molar-refractivity contribution in [1.29, 1.82) is 0 Å². The van der Waals surface area contributed by atoms with Gasteiger partial charge in [-0.05, 0) is 20.0 Å². The van der Waals surface area contributed by atoms with Crippen molar-refractivity contribution in [2.75, 3.05) is 14.2 Å². The Morgan fingerprint density at radius 2 is 2.07 bits per heavy atom. The summed E-state index contributed by atoms with van der Waals surface area (Å²) in [5, 5.41) is 2.82. The molecule has 0 bridgehead atoms. The van der Waals surface area contributed by atoms with Gasteiger partial charge in [-0.15, -0.1) is 0 Å². The van der Waals surface area contributed by atoms with Gasteiger partial charge in [0.2, 0.25) is 5.91 Å². The predicted octanol–water partition coefficient (Wildman–Crippen LogP) is 2.59. The molecule has 1 N–H and O–H groups in total. The molecule has 6 nitrogen and oxygen atoms in total. The van der Waals surface area contributed by atoms with Gasteiger partial charge in [0, 0.05) is 24.5 Å². The quantitative estimate of drug-likeness (QED) is 0.760. The van der Waals surface area contributed by atoms with Crippen LogP contribution < -0.4 is 10.1 Å². The van der Waals surface area contributed by atoms with Crippen LogP contribution >= 0.6 is 0 Å². The van der Waals surface area contributed by atoms with E-state index in [0.717, 1.165) is 10.1 Å². The average molecular weight is 384 g/mol. The number of imidazole rings is 1. The molecule has 9 heteroatoms. The van der Waals surface area contributed by atoms with Crippen LogP contribution in [0.2, 0.25) is 0 Å². The van der Waals surface area contributed by atoms with E-state index >= 15 is 0 Å². The molecular formula is C18H23F3N4O2. The molecule has 1 unspecified atom stereocenters. The van der Waals surface area contributed by atoms with Gasteiger partial charge in [-0.1, -0.05) is 18.2 Å². The molecule has 0 fully saturated rings. The third-order valence-corrected chi connectivity index (χ3v) is 4.23. The molecule has 1 atom stereocenters. The van der Waals surface area contributed by atoms with Gasteiger partial charge < -0.3 is 14.6 Å². The maximum Gasteiger partial charge on any atom is 0.406 e. The van der Waals surface area contributed by atoms with Crippen molar-refractivity contribution >= 4 is 5.91 Å². The number of amides is 1. The first-order valence-corrected chi connectivity index (χ1v) is 8.38. The number of carbonyl (C=O) groups is 1. The zero-order chi connectivity index (χ0) is 20.0. The Hall–Kier alpha value is -2.55. The van der Waals surface area contributed by atoms with Gasteiger partial charge in [0.05, 0.1) is 19.7 Å². The van der Waals surface area contributed by atoms with E-state index in [1.807, 2.05) is 18.2 Å². The fraction of sp³-hybridized carbons (Fsp3) is 0.444. The summed E-state index contributed by atoms with van der Waals surface area (Å²) in [6.07, 6.45) is -1.73. The maximum absolute atomic E-state index is 12.6. The van der Waals surface area contributed by atoms with Crippen molar-refractivity contribution in [3.63, 3.8) is 0 Å². The van der Waals surface area contributed by atoms with E-state index in [0.29, 0.717) is 12.3 Å². The second kappa shape index (κ2) is 8.90. The summed E-state index contributed by atoms with van der Waals surface area (Å²) in [6, 6.07) is 6.79. The van der Waals surface area contributed by atoms with E-state index in [-0.39, 0.29) is 18.3 Å². The first-order valence-electron chi connectivity index (χ1n) is 8.38. The Kier molecular flexibility index (Phi) is 6.84. The number of methoxy groups -OCH3 is 1. The van der Waals surface area contributed by atoms with E-state index in [9.17, 15) is 18.0 Å². The molecule has 0 spiro atoms. The normalized spacial score (nSPS) is 12.9. The zero-order valence-electron chi connectivity index (χ0n) is 15.5. The van der Waals surface area contributed by atoms with Gasteiger partial charge in [-0.25, -0.2) is 4.98 Å². The lowest BCUT2D eigenvalue weighted by molar-refractivity contribution is -0.141. The van der Waals surface area contributed by atoms with Crippen LogP contribution in [-0.4, -0.2) is 46.7 Å². The summed E-state index contributed by atoms with van der Waals surface area (Å²) in [5.74, 6) is 0.685. The number of likely N-dealkylation sites (N-methyl/N-ethyl adjacent to an activating group) is 1. The minimum Gasteiger partial charge on any atom is -0.496 e. The third kappa shape index (κ3) is 5.99. The first-order chi connectivity index (χ1) is 12.7. The molecule has 0 saturated heterocycles. The largest absolute Gasteiger partial charge is 0.496 e. The number of nitrogens with zero attached hydrogens (tertiary/aromatic N) is 3. The molecule has 2 aromatic rings. The van der Waals surface area contributed by atoms with Gasteiger partial charge in [0.15, 0.2) is 0 Å². The summed E-state index contributed by atoms with van der Waals surface area (Å²) in [6.45, 7) is 0.995. The number of benzene rings is 1. The maximum atomic E-state index is 12.6. The topological polar surface area (TPSA) is 59.4 Å². The molecule has 0 aliphatic rings. The Bertz CT molecular complexity index is 761. The molecule has 0 saturated carbocycles. The van der Waals surface area contributed by atoms with Crippen molar-refractivity contribution < 1.29 is 22.7 Å². The lowest BCUT2D eigenvalue weighted by atomic mass is 10.2. The molecule has 0 radical (unpaired) electrons. The Balaban J connectivity index is 1.94. The number of rotatable bonds is 8.